The third-order valence-electron chi connectivity index (χ3n) is 3.71. The molecule has 2 aliphatic heterocycles. The molecule has 0 unspecified atom stereocenters. The van der Waals surface area contributed by atoms with E-state index >= 15 is 0 Å². The highest BCUT2D eigenvalue weighted by Crippen LogP contribution is 2.27. The second kappa shape index (κ2) is 4.07. The Labute approximate surface area is 100 Å². The summed E-state index contributed by atoms with van der Waals surface area (Å²) in [6.07, 6.45) is 4.32. The van der Waals surface area contributed by atoms with Crippen molar-refractivity contribution in [3.8, 4) is 0 Å². The van der Waals surface area contributed by atoms with Crippen molar-refractivity contribution in [2.75, 3.05) is 19.6 Å². The Morgan fingerprint density at radius 3 is 3.06 bits per heavy atom. The van der Waals surface area contributed by atoms with Crippen LogP contribution in [0.4, 0.5) is 0 Å². The number of aryl methyl sites for hydroxylation is 1. The van der Waals surface area contributed by atoms with E-state index in [0.717, 1.165) is 31.7 Å². The van der Waals surface area contributed by atoms with E-state index in [2.05, 4.69) is 15.3 Å². The van der Waals surface area contributed by atoms with E-state index < -0.39 is 0 Å². The van der Waals surface area contributed by atoms with Gasteiger partial charge in [-0.25, -0.2) is 4.98 Å². The van der Waals surface area contributed by atoms with Crippen molar-refractivity contribution in [1.82, 2.24) is 20.2 Å². The first-order valence-electron chi connectivity index (χ1n) is 6.06. The minimum absolute atomic E-state index is 0.0219. The van der Waals surface area contributed by atoms with Gasteiger partial charge in [0.25, 0.3) is 5.91 Å². The normalized spacial score (nSPS) is 27.2. The molecule has 3 rings (SSSR count). The lowest BCUT2D eigenvalue weighted by Gasteiger charge is -2.22. The number of rotatable bonds is 1. The van der Waals surface area contributed by atoms with Gasteiger partial charge in [-0.2, -0.15) is 0 Å². The Bertz CT molecular complexity index is 431. The van der Waals surface area contributed by atoms with Crippen LogP contribution in [0.15, 0.2) is 12.4 Å². The van der Waals surface area contributed by atoms with E-state index in [4.69, 9.17) is 0 Å². The number of likely N-dealkylation sites (tertiary alicyclic amines) is 1. The number of aromatic nitrogens is 2. The zero-order valence-corrected chi connectivity index (χ0v) is 9.89. The van der Waals surface area contributed by atoms with Crippen LogP contribution in [-0.4, -0.2) is 46.5 Å². The Morgan fingerprint density at radius 1 is 1.41 bits per heavy atom. The summed E-state index contributed by atoms with van der Waals surface area (Å²) in [5, 5.41) is 3.34. The molecule has 1 N–H and O–H groups in total. The van der Waals surface area contributed by atoms with Crippen molar-refractivity contribution in [3.05, 3.63) is 23.8 Å². The van der Waals surface area contributed by atoms with Crippen LogP contribution < -0.4 is 5.32 Å². The Kier molecular flexibility index (Phi) is 2.55. The number of hydrogen-bond donors (Lipinski definition) is 1. The third-order valence-corrected chi connectivity index (χ3v) is 3.71. The molecule has 0 saturated carbocycles. The fourth-order valence-corrected chi connectivity index (χ4v) is 2.75. The first-order valence-corrected chi connectivity index (χ1v) is 6.06. The van der Waals surface area contributed by atoms with Crippen molar-refractivity contribution >= 4 is 5.91 Å². The molecule has 5 nitrogen and oxygen atoms in total. The highest BCUT2D eigenvalue weighted by Gasteiger charge is 2.40. The fraction of sp³-hybridized carbons (Fsp3) is 0.583. The Hall–Kier alpha value is -1.49. The van der Waals surface area contributed by atoms with Crippen molar-refractivity contribution in [2.45, 2.75) is 19.4 Å². The molecule has 1 aromatic rings. The van der Waals surface area contributed by atoms with Gasteiger partial charge >= 0.3 is 0 Å². The molecule has 90 valence electrons. The summed E-state index contributed by atoms with van der Waals surface area (Å²) >= 11 is 0. The van der Waals surface area contributed by atoms with Gasteiger partial charge in [0.1, 0.15) is 5.69 Å². The smallest absolute Gasteiger partial charge is 0.274 e. The van der Waals surface area contributed by atoms with E-state index in [1.54, 1.807) is 12.4 Å². The summed E-state index contributed by atoms with van der Waals surface area (Å²) in [6.45, 7) is 4.67. The first kappa shape index (κ1) is 10.7. The summed E-state index contributed by atoms with van der Waals surface area (Å²) < 4.78 is 0. The maximum absolute atomic E-state index is 12.3. The number of hydrogen-bond acceptors (Lipinski definition) is 4. The second-order valence-corrected chi connectivity index (χ2v) is 4.82. The quantitative estimate of drug-likeness (QED) is 0.752. The number of fused-ring (bicyclic) bond motifs is 1. The van der Waals surface area contributed by atoms with Gasteiger partial charge in [-0.05, 0) is 19.3 Å². The van der Waals surface area contributed by atoms with Gasteiger partial charge in [0.2, 0.25) is 0 Å². The molecule has 2 saturated heterocycles. The van der Waals surface area contributed by atoms with Crippen molar-refractivity contribution < 1.29 is 4.79 Å². The maximum atomic E-state index is 12.3. The maximum Gasteiger partial charge on any atom is 0.274 e. The summed E-state index contributed by atoms with van der Waals surface area (Å²) in [4.78, 5) is 22.5. The van der Waals surface area contributed by atoms with Crippen molar-refractivity contribution in [2.24, 2.45) is 5.92 Å². The summed E-state index contributed by atoms with van der Waals surface area (Å²) in [7, 11) is 0. The third kappa shape index (κ3) is 1.80. The van der Waals surface area contributed by atoms with Crippen LogP contribution in [-0.2, 0) is 0 Å². The van der Waals surface area contributed by atoms with Gasteiger partial charge in [-0.3, -0.25) is 9.78 Å². The minimum atomic E-state index is 0.0219. The topological polar surface area (TPSA) is 58.1 Å². The van der Waals surface area contributed by atoms with E-state index in [0.29, 0.717) is 17.7 Å². The lowest BCUT2D eigenvalue weighted by atomic mass is 10.1. The van der Waals surface area contributed by atoms with Gasteiger partial charge in [-0.1, -0.05) is 0 Å². The van der Waals surface area contributed by atoms with E-state index in [1.807, 2.05) is 11.8 Å². The van der Waals surface area contributed by atoms with E-state index in [-0.39, 0.29) is 5.91 Å². The molecule has 0 aliphatic carbocycles. The van der Waals surface area contributed by atoms with Gasteiger partial charge in [0, 0.05) is 31.9 Å². The van der Waals surface area contributed by atoms with E-state index in [9.17, 15) is 4.79 Å². The molecule has 17 heavy (non-hydrogen) atoms. The van der Waals surface area contributed by atoms with E-state index in [1.165, 1.54) is 0 Å². The molecule has 2 atom stereocenters. The van der Waals surface area contributed by atoms with Gasteiger partial charge in [0.05, 0.1) is 11.9 Å². The molecular weight excluding hydrogens is 216 g/mol. The predicted octanol–water partition coefficient (Wildman–Crippen LogP) is 0.219. The number of nitrogens with zero attached hydrogens (tertiary/aromatic N) is 3. The molecule has 5 heteroatoms. The number of carbonyl (C=O) groups is 1. The average Bonchev–Trinajstić information content (AvgIpc) is 2.90. The standard InChI is InChI=1S/C12H16N4O/c1-8-4-15-10(6-14-8)12(17)16-3-2-9-5-13-7-11(9)16/h4,6,9,11,13H,2-3,5,7H2,1H3/t9-,11+/m0/s1. The highest BCUT2D eigenvalue weighted by atomic mass is 16.2. The van der Waals surface area contributed by atoms with Gasteiger partial charge in [-0.15, -0.1) is 0 Å². The molecule has 0 aromatic carbocycles. The van der Waals surface area contributed by atoms with Crippen LogP contribution in [0.1, 0.15) is 22.6 Å². The first-order chi connectivity index (χ1) is 8.25. The number of nitrogens with one attached hydrogen (secondary N) is 1. The SMILES string of the molecule is Cc1cnc(C(=O)N2CC[C@H]3CNC[C@H]32)cn1. The second-order valence-electron chi connectivity index (χ2n) is 4.82. The summed E-state index contributed by atoms with van der Waals surface area (Å²) in [6, 6.07) is 0.352. The monoisotopic (exact) mass is 232 g/mol. The fourth-order valence-electron chi connectivity index (χ4n) is 2.75. The highest BCUT2D eigenvalue weighted by molar-refractivity contribution is 5.92. The molecule has 2 aliphatic rings. The minimum Gasteiger partial charge on any atom is -0.333 e. The zero-order chi connectivity index (χ0) is 11.8. The molecule has 0 spiro atoms. The van der Waals surface area contributed by atoms with Crippen molar-refractivity contribution in [1.29, 1.82) is 0 Å². The number of carbonyl (C=O) groups excluding carboxylic acids is 1. The summed E-state index contributed by atoms with van der Waals surface area (Å²) in [5.41, 5.74) is 1.30. The molecule has 0 radical (unpaired) electrons. The average molecular weight is 232 g/mol. The van der Waals surface area contributed by atoms with Crippen LogP contribution >= 0.6 is 0 Å². The molecule has 2 fully saturated rings. The van der Waals surface area contributed by atoms with Gasteiger partial charge < -0.3 is 10.2 Å². The predicted molar refractivity (Wildman–Crippen MR) is 62.6 cm³/mol. The molecule has 1 amide bonds. The summed E-state index contributed by atoms with van der Waals surface area (Å²) in [5.74, 6) is 0.644. The van der Waals surface area contributed by atoms with Crippen LogP contribution in [0.5, 0.6) is 0 Å². The largest absolute Gasteiger partial charge is 0.333 e. The molecule has 0 bridgehead atoms. The number of amides is 1. The lowest BCUT2D eigenvalue weighted by molar-refractivity contribution is 0.0730. The van der Waals surface area contributed by atoms with Crippen molar-refractivity contribution in [3.63, 3.8) is 0 Å². The van der Waals surface area contributed by atoms with Crippen LogP contribution in [0.3, 0.4) is 0 Å². The lowest BCUT2D eigenvalue weighted by Crippen LogP contribution is -2.39. The molecule has 3 heterocycles. The van der Waals surface area contributed by atoms with Crippen LogP contribution in [0, 0.1) is 12.8 Å². The van der Waals surface area contributed by atoms with Crippen LogP contribution in [0.25, 0.3) is 0 Å². The molecular formula is C12H16N4O. The van der Waals surface area contributed by atoms with Gasteiger partial charge in [0.15, 0.2) is 0 Å². The molecule has 1 aromatic heterocycles. The zero-order valence-electron chi connectivity index (χ0n) is 9.89. The Morgan fingerprint density at radius 2 is 2.29 bits per heavy atom. The Balaban J connectivity index is 1.80. The van der Waals surface area contributed by atoms with Crippen LogP contribution in [0.2, 0.25) is 0 Å².